The number of amides is 1. The van der Waals surface area contributed by atoms with E-state index in [1.807, 2.05) is 0 Å². The summed E-state index contributed by atoms with van der Waals surface area (Å²) >= 11 is 0. The molecule has 0 bridgehead atoms. The van der Waals surface area contributed by atoms with Crippen molar-refractivity contribution in [2.45, 2.75) is 31.6 Å². The molecule has 1 aromatic heterocycles. The maximum absolute atomic E-state index is 13.4. The van der Waals surface area contributed by atoms with Gasteiger partial charge in [-0.1, -0.05) is 18.2 Å². The zero-order valence-electron chi connectivity index (χ0n) is 21.2. The number of phenolic OH excluding ortho intramolecular Hbond substituents is 2. The number of alkyl halides is 6. The van der Waals surface area contributed by atoms with E-state index in [4.69, 9.17) is 0 Å². The minimum atomic E-state index is -5.10. The van der Waals surface area contributed by atoms with Crippen LogP contribution in [0.25, 0.3) is 12.2 Å². The van der Waals surface area contributed by atoms with Gasteiger partial charge in [0.15, 0.2) is 28.8 Å². The number of hydrogen-bond donors (Lipinski definition) is 3. The maximum Gasteiger partial charge on any atom is 0.573 e. The zero-order chi connectivity index (χ0) is 30.7. The molecule has 0 radical (unpaired) electrons. The summed E-state index contributed by atoms with van der Waals surface area (Å²) in [7, 11) is 0. The standard InChI is InChI=1S/C28H20F6N2O6/c29-27(30,31)41-23-11-15(4-6-21(23)37)9-17-13-19(36-26(40)20-3-1-2-8-35-20)14-18(25(17)39)10-16-5-7-22(38)24(12-16)42-28(32,33)34/h1-12,19,37-38H,13-14H2,(H,36,40)/b17-9+,18-10+. The van der Waals surface area contributed by atoms with Gasteiger partial charge in [0.05, 0.1) is 0 Å². The molecule has 42 heavy (non-hydrogen) atoms. The van der Waals surface area contributed by atoms with Crippen molar-refractivity contribution in [1.82, 2.24) is 10.3 Å². The number of halogens is 6. The first-order valence-electron chi connectivity index (χ1n) is 12.0. The molecule has 0 atom stereocenters. The first-order valence-corrected chi connectivity index (χ1v) is 12.0. The van der Waals surface area contributed by atoms with Crippen LogP contribution < -0.4 is 14.8 Å². The number of ketones is 1. The van der Waals surface area contributed by atoms with E-state index in [0.29, 0.717) is 0 Å². The van der Waals surface area contributed by atoms with Crippen LogP contribution in [0.15, 0.2) is 71.9 Å². The molecule has 1 aliphatic carbocycles. The number of carbonyl (C=O) groups excluding carboxylic acids is 2. The fourth-order valence-corrected chi connectivity index (χ4v) is 4.16. The fraction of sp³-hybridized carbons (Fsp3) is 0.179. The minimum Gasteiger partial charge on any atom is -0.504 e. The third-order valence-electron chi connectivity index (χ3n) is 5.85. The third kappa shape index (κ3) is 8.02. The highest BCUT2D eigenvalue weighted by Crippen LogP contribution is 2.36. The molecule has 1 saturated carbocycles. The van der Waals surface area contributed by atoms with Gasteiger partial charge in [0, 0.05) is 23.4 Å². The average molecular weight is 594 g/mol. The fourth-order valence-electron chi connectivity index (χ4n) is 4.16. The highest BCUT2D eigenvalue weighted by molar-refractivity contribution is 6.14. The first kappa shape index (κ1) is 30.0. The van der Waals surface area contributed by atoms with Crippen LogP contribution in [-0.2, 0) is 4.79 Å². The highest BCUT2D eigenvalue weighted by atomic mass is 19.4. The van der Waals surface area contributed by atoms with Gasteiger partial charge in [-0.15, -0.1) is 26.3 Å². The van der Waals surface area contributed by atoms with Gasteiger partial charge in [0.2, 0.25) is 0 Å². The van der Waals surface area contributed by atoms with Gasteiger partial charge in [-0.2, -0.15) is 0 Å². The largest absolute Gasteiger partial charge is 0.573 e. The number of phenols is 2. The molecule has 1 heterocycles. The van der Waals surface area contributed by atoms with Crippen molar-refractivity contribution in [3.05, 3.63) is 88.8 Å². The Bertz CT molecular complexity index is 1460. The molecule has 0 unspecified atom stereocenters. The van der Waals surface area contributed by atoms with Gasteiger partial charge in [-0.25, -0.2) is 0 Å². The van der Waals surface area contributed by atoms with Crippen LogP contribution in [0.3, 0.4) is 0 Å². The topological polar surface area (TPSA) is 118 Å². The lowest BCUT2D eigenvalue weighted by molar-refractivity contribution is -0.276. The Kier molecular flexibility index (Phi) is 8.45. The Morgan fingerprint density at radius 3 is 1.76 bits per heavy atom. The zero-order valence-corrected chi connectivity index (χ0v) is 21.2. The molecule has 3 N–H and O–H groups in total. The first-order chi connectivity index (χ1) is 19.7. The van der Waals surface area contributed by atoms with Crippen molar-refractivity contribution in [2.75, 3.05) is 0 Å². The molecule has 1 amide bonds. The van der Waals surface area contributed by atoms with Gasteiger partial charge in [0.25, 0.3) is 5.91 Å². The second-order valence-electron chi connectivity index (χ2n) is 9.01. The van der Waals surface area contributed by atoms with Gasteiger partial charge in [-0.05, 0) is 72.5 Å². The van der Waals surface area contributed by atoms with Crippen molar-refractivity contribution in [3.8, 4) is 23.0 Å². The lowest BCUT2D eigenvalue weighted by Crippen LogP contribution is -2.39. The normalized spacial score (nSPS) is 17.8. The Hall–Kier alpha value is -5.01. The number of nitrogens with one attached hydrogen (secondary N) is 1. The Labute approximate surface area is 233 Å². The summed E-state index contributed by atoms with van der Waals surface area (Å²) in [6.45, 7) is 0. The van der Waals surface area contributed by atoms with Crippen LogP contribution in [0.2, 0.25) is 0 Å². The number of Topliss-reactive ketones (excluding diaryl/α,β-unsaturated/α-hetero) is 1. The van der Waals surface area contributed by atoms with Gasteiger partial charge < -0.3 is 25.0 Å². The summed E-state index contributed by atoms with van der Waals surface area (Å²) in [4.78, 5) is 30.1. The lowest BCUT2D eigenvalue weighted by atomic mass is 9.83. The summed E-state index contributed by atoms with van der Waals surface area (Å²) in [6.07, 6.45) is -6.45. The minimum absolute atomic E-state index is 0.0352. The Morgan fingerprint density at radius 1 is 0.833 bits per heavy atom. The molecule has 8 nitrogen and oxygen atoms in total. The predicted octanol–water partition coefficient (Wildman–Crippen LogP) is 5.92. The van der Waals surface area contributed by atoms with Crippen molar-refractivity contribution < 1.29 is 55.6 Å². The van der Waals surface area contributed by atoms with Gasteiger partial charge >= 0.3 is 12.7 Å². The lowest BCUT2D eigenvalue weighted by Gasteiger charge is -2.27. The van der Waals surface area contributed by atoms with E-state index in [2.05, 4.69) is 19.8 Å². The number of ether oxygens (including phenoxy) is 2. The van der Waals surface area contributed by atoms with Crippen molar-refractivity contribution in [3.63, 3.8) is 0 Å². The Morgan fingerprint density at radius 2 is 1.33 bits per heavy atom. The number of nitrogens with zero attached hydrogens (tertiary/aromatic N) is 1. The van der Waals surface area contributed by atoms with Crippen molar-refractivity contribution in [1.29, 1.82) is 0 Å². The molecule has 4 rings (SSSR count). The van der Waals surface area contributed by atoms with Crippen LogP contribution in [0.5, 0.6) is 23.0 Å². The van der Waals surface area contributed by atoms with E-state index in [-0.39, 0.29) is 40.8 Å². The van der Waals surface area contributed by atoms with E-state index in [9.17, 15) is 46.1 Å². The van der Waals surface area contributed by atoms with Gasteiger partial charge in [-0.3, -0.25) is 14.6 Å². The van der Waals surface area contributed by atoms with Crippen molar-refractivity contribution in [2.24, 2.45) is 0 Å². The average Bonchev–Trinajstić information content (AvgIpc) is 2.89. The number of rotatable bonds is 6. The summed E-state index contributed by atoms with van der Waals surface area (Å²) in [6, 6.07) is 9.98. The Balaban J connectivity index is 1.71. The van der Waals surface area contributed by atoms with E-state index in [1.165, 1.54) is 36.5 Å². The van der Waals surface area contributed by atoms with E-state index >= 15 is 0 Å². The number of hydrogen-bond acceptors (Lipinski definition) is 7. The van der Waals surface area contributed by atoms with Crippen molar-refractivity contribution >= 4 is 23.8 Å². The number of aromatic hydroxyl groups is 2. The van der Waals surface area contributed by atoms with E-state index < -0.39 is 53.5 Å². The van der Waals surface area contributed by atoms with E-state index in [1.54, 1.807) is 12.1 Å². The molecule has 1 fully saturated rings. The molecule has 1 aliphatic rings. The quantitative estimate of drug-likeness (QED) is 0.240. The molecule has 0 aliphatic heterocycles. The van der Waals surface area contributed by atoms with Crippen LogP contribution in [0.1, 0.15) is 34.5 Å². The van der Waals surface area contributed by atoms with Crippen LogP contribution in [0, 0.1) is 0 Å². The molecule has 0 saturated heterocycles. The second-order valence-corrected chi connectivity index (χ2v) is 9.01. The third-order valence-corrected chi connectivity index (χ3v) is 5.85. The number of pyridine rings is 1. The van der Waals surface area contributed by atoms with Crippen LogP contribution >= 0.6 is 0 Å². The van der Waals surface area contributed by atoms with E-state index in [0.717, 1.165) is 24.3 Å². The summed E-state index contributed by atoms with van der Waals surface area (Å²) in [5.74, 6) is -4.58. The molecular formula is C28H20F6N2O6. The molecule has 220 valence electrons. The summed E-state index contributed by atoms with van der Waals surface area (Å²) in [5.41, 5.74) is 0.250. The second kappa shape index (κ2) is 11.8. The van der Waals surface area contributed by atoms with Crippen LogP contribution in [-0.4, -0.2) is 45.7 Å². The summed E-state index contributed by atoms with van der Waals surface area (Å²) < 4.78 is 84.1. The molecule has 14 heteroatoms. The molecular weight excluding hydrogens is 574 g/mol. The molecule has 0 spiro atoms. The van der Waals surface area contributed by atoms with Gasteiger partial charge in [0.1, 0.15) is 5.69 Å². The number of carbonyl (C=O) groups is 2. The van der Waals surface area contributed by atoms with Crippen LogP contribution in [0.4, 0.5) is 26.3 Å². The number of aromatic nitrogens is 1. The number of benzene rings is 2. The maximum atomic E-state index is 13.4. The smallest absolute Gasteiger partial charge is 0.504 e. The SMILES string of the molecule is O=C1/C(=C/c2ccc(O)c(OC(F)(F)F)c2)CC(NC(=O)c2ccccn2)C/C1=C\c1ccc(O)c(OC(F)(F)F)c1. The highest BCUT2D eigenvalue weighted by Gasteiger charge is 2.34. The summed E-state index contributed by atoms with van der Waals surface area (Å²) in [5, 5.41) is 22.2. The molecule has 2 aromatic carbocycles. The molecule has 3 aromatic rings. The monoisotopic (exact) mass is 594 g/mol. The predicted molar refractivity (Wildman–Crippen MR) is 135 cm³/mol.